The Bertz CT molecular complexity index is 623. The average molecular weight is 253 g/mol. The van der Waals surface area contributed by atoms with E-state index in [4.69, 9.17) is 5.26 Å². The van der Waals surface area contributed by atoms with Gasteiger partial charge in [-0.25, -0.2) is 0 Å². The van der Waals surface area contributed by atoms with Crippen LogP contribution < -0.4 is 5.32 Å². The predicted molar refractivity (Wildman–Crippen MR) is 77.6 cm³/mol. The molecule has 2 rings (SSSR count). The molecule has 0 atom stereocenters. The average Bonchev–Trinajstić information content (AvgIpc) is 2.39. The molecule has 0 saturated heterocycles. The van der Waals surface area contributed by atoms with Crippen LogP contribution in [0.15, 0.2) is 30.3 Å². The lowest BCUT2D eigenvalue weighted by atomic mass is 9.96. The Morgan fingerprint density at radius 2 is 2.05 bits per heavy atom. The molecular weight excluding hydrogens is 234 g/mol. The Balaban J connectivity index is 2.06. The molecule has 3 heteroatoms. The first-order valence-electron chi connectivity index (χ1n) is 6.48. The van der Waals surface area contributed by atoms with Gasteiger partial charge >= 0.3 is 0 Å². The maximum atomic E-state index is 8.96. The minimum atomic E-state index is -0.324. The molecule has 0 radical (unpaired) electrons. The van der Waals surface area contributed by atoms with Gasteiger partial charge in [-0.15, -0.1) is 0 Å². The summed E-state index contributed by atoms with van der Waals surface area (Å²) in [5.74, 6) is 0. The Hall–Kier alpha value is -1.92. The zero-order valence-corrected chi connectivity index (χ0v) is 11.7. The molecule has 0 aliphatic heterocycles. The second kappa shape index (κ2) is 5.38. The Kier molecular flexibility index (Phi) is 3.82. The van der Waals surface area contributed by atoms with Crippen LogP contribution in [0.3, 0.4) is 0 Å². The van der Waals surface area contributed by atoms with E-state index in [-0.39, 0.29) is 5.41 Å². The highest BCUT2D eigenvalue weighted by molar-refractivity contribution is 5.79. The minimum Gasteiger partial charge on any atom is -0.311 e. The van der Waals surface area contributed by atoms with Crippen LogP contribution >= 0.6 is 0 Å². The number of hydrogen-bond donors (Lipinski definition) is 1. The molecule has 19 heavy (non-hydrogen) atoms. The van der Waals surface area contributed by atoms with E-state index in [2.05, 4.69) is 40.6 Å². The molecule has 0 aliphatic rings. The number of benzene rings is 1. The highest BCUT2D eigenvalue weighted by Crippen LogP contribution is 2.15. The molecule has 1 aromatic heterocycles. The molecule has 0 amide bonds. The van der Waals surface area contributed by atoms with Gasteiger partial charge in [0.25, 0.3) is 0 Å². The number of nitrogens with one attached hydrogen (secondary N) is 1. The normalized spacial score (nSPS) is 11.5. The van der Waals surface area contributed by atoms with Gasteiger partial charge < -0.3 is 5.32 Å². The predicted octanol–water partition coefficient (Wildman–Crippen LogP) is 3.18. The summed E-state index contributed by atoms with van der Waals surface area (Å²) in [6.07, 6.45) is 0. The van der Waals surface area contributed by atoms with Crippen molar-refractivity contribution in [3.05, 3.63) is 41.6 Å². The van der Waals surface area contributed by atoms with Crippen molar-refractivity contribution in [3.63, 3.8) is 0 Å². The summed E-state index contributed by atoms with van der Waals surface area (Å²) in [7, 11) is 0. The zero-order valence-electron chi connectivity index (χ0n) is 11.7. The van der Waals surface area contributed by atoms with Crippen LogP contribution in [-0.2, 0) is 6.54 Å². The molecule has 1 aromatic carbocycles. The SMILES string of the molecule is Cc1ccc2cc(CNCC(C)(C)C#N)ccc2n1. The third-order valence-corrected chi connectivity index (χ3v) is 3.09. The van der Waals surface area contributed by atoms with E-state index >= 15 is 0 Å². The quantitative estimate of drug-likeness (QED) is 0.910. The van der Waals surface area contributed by atoms with Crippen molar-refractivity contribution in [2.45, 2.75) is 27.3 Å². The molecule has 0 unspecified atom stereocenters. The van der Waals surface area contributed by atoms with Crippen LogP contribution in [0.25, 0.3) is 10.9 Å². The van der Waals surface area contributed by atoms with Crippen molar-refractivity contribution >= 4 is 10.9 Å². The van der Waals surface area contributed by atoms with Crippen molar-refractivity contribution in [2.24, 2.45) is 5.41 Å². The molecule has 0 bridgehead atoms. The fourth-order valence-corrected chi connectivity index (χ4v) is 1.95. The molecule has 1 N–H and O–H groups in total. The summed E-state index contributed by atoms with van der Waals surface area (Å²) in [4.78, 5) is 4.49. The molecule has 0 spiro atoms. The molecular formula is C16H19N3. The third-order valence-electron chi connectivity index (χ3n) is 3.09. The van der Waals surface area contributed by atoms with E-state index in [1.165, 1.54) is 5.56 Å². The first kappa shape index (κ1) is 13.5. The number of aryl methyl sites for hydroxylation is 1. The van der Waals surface area contributed by atoms with Crippen molar-refractivity contribution in [2.75, 3.05) is 6.54 Å². The Morgan fingerprint density at radius 3 is 2.79 bits per heavy atom. The number of pyridine rings is 1. The number of hydrogen-bond acceptors (Lipinski definition) is 3. The Labute approximate surface area is 114 Å². The first-order valence-corrected chi connectivity index (χ1v) is 6.48. The van der Waals surface area contributed by atoms with Gasteiger partial charge in [0.15, 0.2) is 0 Å². The maximum absolute atomic E-state index is 8.96. The smallest absolute Gasteiger partial charge is 0.0705 e. The van der Waals surface area contributed by atoms with Gasteiger partial charge in [0.1, 0.15) is 0 Å². The van der Waals surface area contributed by atoms with Crippen molar-refractivity contribution in [1.29, 1.82) is 5.26 Å². The van der Waals surface area contributed by atoms with Crippen molar-refractivity contribution < 1.29 is 0 Å². The maximum Gasteiger partial charge on any atom is 0.0705 e. The molecule has 98 valence electrons. The zero-order chi connectivity index (χ0) is 13.9. The molecule has 0 fully saturated rings. The second-order valence-corrected chi connectivity index (χ2v) is 5.58. The van der Waals surface area contributed by atoms with E-state index in [9.17, 15) is 0 Å². The summed E-state index contributed by atoms with van der Waals surface area (Å²) >= 11 is 0. The van der Waals surface area contributed by atoms with Gasteiger partial charge in [-0.3, -0.25) is 4.98 Å². The molecule has 3 nitrogen and oxygen atoms in total. The second-order valence-electron chi connectivity index (χ2n) is 5.58. The number of aromatic nitrogens is 1. The van der Waals surface area contributed by atoms with Crippen LogP contribution in [0.5, 0.6) is 0 Å². The Morgan fingerprint density at radius 1 is 1.26 bits per heavy atom. The van der Waals surface area contributed by atoms with E-state index in [0.29, 0.717) is 6.54 Å². The minimum absolute atomic E-state index is 0.324. The third kappa shape index (κ3) is 3.52. The first-order chi connectivity index (χ1) is 9.00. The summed E-state index contributed by atoms with van der Waals surface area (Å²) in [6.45, 7) is 7.33. The standard InChI is InChI=1S/C16H19N3/c1-12-4-6-14-8-13(5-7-15(14)19-12)9-18-11-16(2,3)10-17/h4-8,18H,9,11H2,1-3H3. The van der Waals surface area contributed by atoms with Gasteiger partial charge in [-0.2, -0.15) is 5.26 Å². The summed E-state index contributed by atoms with van der Waals surface area (Å²) in [5, 5.41) is 13.4. The summed E-state index contributed by atoms with van der Waals surface area (Å²) in [5.41, 5.74) is 2.96. The molecule has 2 aromatic rings. The van der Waals surface area contributed by atoms with Crippen LogP contribution in [0, 0.1) is 23.7 Å². The monoisotopic (exact) mass is 253 g/mol. The van der Waals surface area contributed by atoms with Gasteiger partial charge in [-0.05, 0) is 44.5 Å². The van der Waals surface area contributed by atoms with Gasteiger partial charge in [-0.1, -0.05) is 12.1 Å². The summed E-state index contributed by atoms with van der Waals surface area (Å²) in [6, 6.07) is 12.7. The van der Waals surface area contributed by atoms with Crippen LogP contribution in [0.1, 0.15) is 25.1 Å². The van der Waals surface area contributed by atoms with E-state index in [1.807, 2.05) is 26.8 Å². The van der Waals surface area contributed by atoms with E-state index in [0.717, 1.165) is 23.1 Å². The van der Waals surface area contributed by atoms with Crippen molar-refractivity contribution in [1.82, 2.24) is 10.3 Å². The number of nitriles is 1. The fraction of sp³-hybridized carbons (Fsp3) is 0.375. The van der Waals surface area contributed by atoms with E-state index < -0.39 is 0 Å². The van der Waals surface area contributed by atoms with E-state index in [1.54, 1.807) is 0 Å². The topological polar surface area (TPSA) is 48.7 Å². The highest BCUT2D eigenvalue weighted by Gasteiger charge is 2.15. The largest absolute Gasteiger partial charge is 0.311 e. The van der Waals surface area contributed by atoms with Crippen LogP contribution in [0.2, 0.25) is 0 Å². The van der Waals surface area contributed by atoms with Gasteiger partial charge in [0, 0.05) is 24.2 Å². The lowest BCUT2D eigenvalue weighted by Gasteiger charge is -2.15. The molecule has 0 saturated carbocycles. The number of fused-ring (bicyclic) bond motifs is 1. The van der Waals surface area contributed by atoms with Crippen molar-refractivity contribution in [3.8, 4) is 6.07 Å². The summed E-state index contributed by atoms with van der Waals surface area (Å²) < 4.78 is 0. The highest BCUT2D eigenvalue weighted by atomic mass is 14.9. The van der Waals surface area contributed by atoms with Gasteiger partial charge in [0.05, 0.1) is 17.0 Å². The lowest BCUT2D eigenvalue weighted by molar-refractivity contribution is 0.445. The van der Waals surface area contributed by atoms with Crippen LogP contribution in [-0.4, -0.2) is 11.5 Å². The number of rotatable bonds is 4. The number of nitrogens with zero attached hydrogens (tertiary/aromatic N) is 2. The fourth-order valence-electron chi connectivity index (χ4n) is 1.95. The lowest BCUT2D eigenvalue weighted by Crippen LogP contribution is -2.27. The van der Waals surface area contributed by atoms with Crippen LogP contribution in [0.4, 0.5) is 0 Å². The van der Waals surface area contributed by atoms with Gasteiger partial charge in [0.2, 0.25) is 0 Å². The molecule has 1 heterocycles. The molecule has 0 aliphatic carbocycles.